The minimum absolute atomic E-state index is 0.00773. The average molecular weight is 243 g/mol. The zero-order valence-corrected chi connectivity index (χ0v) is 11.0. The van der Waals surface area contributed by atoms with Gasteiger partial charge in [0, 0.05) is 6.42 Å². The Labute approximate surface area is 104 Å². The molecule has 1 amide bonds. The molecule has 0 aromatic carbocycles. The molecule has 100 valence electrons. The molecule has 1 atom stereocenters. The van der Waals surface area contributed by atoms with Crippen LogP contribution >= 0.6 is 0 Å². The molecule has 0 spiro atoms. The summed E-state index contributed by atoms with van der Waals surface area (Å²) in [6.07, 6.45) is 5.59. The van der Waals surface area contributed by atoms with E-state index in [4.69, 9.17) is 10.5 Å². The maximum Gasteiger partial charge on any atom is 0.405 e. The predicted octanol–water partition coefficient (Wildman–Crippen LogP) is 3.18. The van der Waals surface area contributed by atoms with Gasteiger partial charge >= 0.3 is 6.09 Å². The molecule has 0 aliphatic heterocycles. The number of carbonyl (C=O) groups is 2. The number of amides is 1. The number of primary amides is 1. The van der Waals surface area contributed by atoms with E-state index in [2.05, 4.69) is 13.8 Å². The Hall–Kier alpha value is -1.06. The van der Waals surface area contributed by atoms with Crippen LogP contribution < -0.4 is 5.73 Å². The van der Waals surface area contributed by atoms with E-state index in [9.17, 15) is 9.59 Å². The summed E-state index contributed by atoms with van der Waals surface area (Å²) in [5.74, 6) is 0.00773. The lowest BCUT2D eigenvalue weighted by Crippen LogP contribution is -2.30. The highest BCUT2D eigenvalue weighted by Gasteiger charge is 2.20. The number of nitrogens with two attached hydrogens (primary N) is 1. The van der Waals surface area contributed by atoms with Crippen molar-refractivity contribution in [3.05, 3.63) is 0 Å². The number of ether oxygens (including phenoxy) is 1. The minimum atomic E-state index is -0.852. The van der Waals surface area contributed by atoms with E-state index in [1.807, 2.05) is 0 Å². The molecule has 0 fully saturated rings. The van der Waals surface area contributed by atoms with Gasteiger partial charge in [-0.1, -0.05) is 39.5 Å². The summed E-state index contributed by atoms with van der Waals surface area (Å²) >= 11 is 0. The smallest absolute Gasteiger partial charge is 0.405 e. The van der Waals surface area contributed by atoms with E-state index in [1.165, 1.54) is 0 Å². The second-order valence-electron chi connectivity index (χ2n) is 4.34. The first kappa shape index (κ1) is 15.9. The summed E-state index contributed by atoms with van der Waals surface area (Å²) in [7, 11) is 0. The third kappa shape index (κ3) is 8.72. The average Bonchev–Trinajstić information content (AvgIpc) is 2.27. The van der Waals surface area contributed by atoms with Gasteiger partial charge < -0.3 is 10.5 Å². The van der Waals surface area contributed by atoms with Gasteiger partial charge in [-0.15, -0.1) is 0 Å². The zero-order chi connectivity index (χ0) is 13.1. The number of hydrogen-bond acceptors (Lipinski definition) is 3. The summed E-state index contributed by atoms with van der Waals surface area (Å²) in [6.45, 7) is 4.18. The van der Waals surface area contributed by atoms with Crippen molar-refractivity contribution < 1.29 is 14.3 Å². The molecule has 2 N–H and O–H groups in total. The van der Waals surface area contributed by atoms with Crippen LogP contribution in [0.5, 0.6) is 0 Å². The van der Waals surface area contributed by atoms with Gasteiger partial charge in [-0.3, -0.25) is 4.79 Å². The van der Waals surface area contributed by atoms with Crippen LogP contribution in [-0.4, -0.2) is 18.0 Å². The molecule has 4 nitrogen and oxygen atoms in total. The molecule has 4 heteroatoms. The lowest BCUT2D eigenvalue weighted by molar-refractivity contribution is -0.127. The fourth-order valence-electron chi connectivity index (χ4n) is 1.72. The molecule has 0 aliphatic carbocycles. The minimum Gasteiger partial charge on any atom is -0.438 e. The first-order valence-corrected chi connectivity index (χ1v) is 6.60. The van der Waals surface area contributed by atoms with Crippen molar-refractivity contribution in [3.8, 4) is 0 Å². The molecular weight excluding hydrogens is 218 g/mol. The molecule has 0 bridgehead atoms. The van der Waals surface area contributed by atoms with Crippen molar-refractivity contribution in [2.45, 2.75) is 71.3 Å². The van der Waals surface area contributed by atoms with Gasteiger partial charge in [-0.2, -0.15) is 0 Å². The number of Topliss-reactive ketones (excluding diaryl/α,β-unsaturated/α-hetero) is 1. The molecule has 0 aliphatic rings. The third-order valence-electron chi connectivity index (χ3n) is 2.71. The van der Waals surface area contributed by atoms with E-state index in [-0.39, 0.29) is 5.78 Å². The van der Waals surface area contributed by atoms with Crippen LogP contribution in [0.15, 0.2) is 0 Å². The van der Waals surface area contributed by atoms with Gasteiger partial charge in [0.1, 0.15) is 0 Å². The van der Waals surface area contributed by atoms with Gasteiger partial charge in [0.2, 0.25) is 0 Å². The standard InChI is InChI=1S/C13H25NO3/c1-3-5-7-9-11(15)12(17-13(14)16)10-8-6-4-2/h12H,3-10H2,1-2H3,(H2,14,16). The second kappa shape index (κ2) is 10.1. The SMILES string of the molecule is CCCCCC(=O)C(CCCCC)OC(N)=O. The molecule has 0 aromatic heterocycles. The van der Waals surface area contributed by atoms with Crippen molar-refractivity contribution >= 4 is 11.9 Å². The van der Waals surface area contributed by atoms with Gasteiger partial charge in [0.15, 0.2) is 11.9 Å². The Balaban J connectivity index is 4.05. The van der Waals surface area contributed by atoms with Crippen LogP contribution in [0.3, 0.4) is 0 Å². The van der Waals surface area contributed by atoms with Crippen LogP contribution in [0.25, 0.3) is 0 Å². The van der Waals surface area contributed by atoms with Crippen LogP contribution in [0.1, 0.15) is 65.2 Å². The van der Waals surface area contributed by atoms with Crippen LogP contribution in [0.2, 0.25) is 0 Å². The molecule has 0 radical (unpaired) electrons. The largest absolute Gasteiger partial charge is 0.438 e. The second-order valence-corrected chi connectivity index (χ2v) is 4.34. The Morgan fingerprint density at radius 1 is 1.06 bits per heavy atom. The molecule has 0 saturated heterocycles. The van der Waals surface area contributed by atoms with Crippen molar-refractivity contribution in [3.63, 3.8) is 0 Å². The van der Waals surface area contributed by atoms with Gasteiger partial charge in [0.25, 0.3) is 0 Å². The van der Waals surface area contributed by atoms with Crippen molar-refractivity contribution in [2.24, 2.45) is 5.73 Å². The summed E-state index contributed by atoms with van der Waals surface area (Å²) in [6, 6.07) is 0. The lowest BCUT2D eigenvalue weighted by atomic mass is 10.0. The number of carbonyl (C=O) groups excluding carboxylic acids is 2. The zero-order valence-electron chi connectivity index (χ0n) is 11.0. The molecule has 0 saturated carbocycles. The summed E-state index contributed by atoms with van der Waals surface area (Å²) in [4.78, 5) is 22.5. The highest BCUT2D eigenvalue weighted by molar-refractivity contribution is 5.85. The third-order valence-corrected chi connectivity index (χ3v) is 2.71. The van der Waals surface area contributed by atoms with E-state index in [1.54, 1.807) is 0 Å². The van der Waals surface area contributed by atoms with Crippen LogP contribution in [-0.2, 0) is 9.53 Å². The quantitative estimate of drug-likeness (QED) is 0.599. The van der Waals surface area contributed by atoms with E-state index < -0.39 is 12.2 Å². The maximum atomic E-state index is 11.8. The first-order chi connectivity index (χ1) is 8.11. The Kier molecular flexibility index (Phi) is 9.49. The van der Waals surface area contributed by atoms with Crippen molar-refractivity contribution in [1.82, 2.24) is 0 Å². The van der Waals surface area contributed by atoms with E-state index in [0.717, 1.165) is 38.5 Å². The summed E-state index contributed by atoms with van der Waals surface area (Å²) in [5, 5.41) is 0. The fourth-order valence-corrected chi connectivity index (χ4v) is 1.72. The fraction of sp³-hybridized carbons (Fsp3) is 0.846. The summed E-state index contributed by atoms with van der Waals surface area (Å²) < 4.78 is 4.88. The topological polar surface area (TPSA) is 69.4 Å². The Bertz CT molecular complexity index is 229. The van der Waals surface area contributed by atoms with E-state index in [0.29, 0.717) is 12.8 Å². The normalized spacial score (nSPS) is 12.1. The molecule has 0 heterocycles. The molecule has 17 heavy (non-hydrogen) atoms. The van der Waals surface area contributed by atoms with Gasteiger partial charge in [-0.25, -0.2) is 4.79 Å². The van der Waals surface area contributed by atoms with Crippen molar-refractivity contribution in [2.75, 3.05) is 0 Å². The maximum absolute atomic E-state index is 11.8. The highest BCUT2D eigenvalue weighted by Crippen LogP contribution is 2.12. The highest BCUT2D eigenvalue weighted by atomic mass is 16.6. The molecule has 1 unspecified atom stereocenters. The number of ketones is 1. The van der Waals surface area contributed by atoms with Gasteiger partial charge in [-0.05, 0) is 19.3 Å². The Morgan fingerprint density at radius 2 is 1.65 bits per heavy atom. The van der Waals surface area contributed by atoms with Crippen molar-refractivity contribution in [1.29, 1.82) is 0 Å². The lowest BCUT2D eigenvalue weighted by Gasteiger charge is -2.15. The van der Waals surface area contributed by atoms with Crippen LogP contribution in [0, 0.1) is 0 Å². The van der Waals surface area contributed by atoms with Gasteiger partial charge in [0.05, 0.1) is 0 Å². The molecule has 0 rings (SSSR count). The molecule has 0 aromatic rings. The number of hydrogen-bond donors (Lipinski definition) is 1. The van der Waals surface area contributed by atoms with Crippen LogP contribution in [0.4, 0.5) is 4.79 Å². The summed E-state index contributed by atoms with van der Waals surface area (Å²) in [5.41, 5.74) is 4.98. The monoisotopic (exact) mass is 243 g/mol. The number of rotatable bonds is 10. The Morgan fingerprint density at radius 3 is 2.18 bits per heavy atom. The first-order valence-electron chi connectivity index (χ1n) is 6.60. The predicted molar refractivity (Wildman–Crippen MR) is 67.7 cm³/mol. The molecular formula is C13H25NO3. The van der Waals surface area contributed by atoms with E-state index >= 15 is 0 Å². The number of unbranched alkanes of at least 4 members (excludes halogenated alkanes) is 4.